The fourth-order valence-corrected chi connectivity index (χ4v) is 4.14. The molecule has 1 amide bonds. The highest BCUT2D eigenvalue weighted by Crippen LogP contribution is 2.25. The van der Waals surface area contributed by atoms with Crippen molar-refractivity contribution < 1.29 is 14.3 Å². The van der Waals surface area contributed by atoms with Gasteiger partial charge in [0.15, 0.2) is 0 Å². The van der Waals surface area contributed by atoms with E-state index in [0.29, 0.717) is 39.5 Å². The third-order valence-corrected chi connectivity index (χ3v) is 5.57. The fraction of sp³-hybridized carbons (Fsp3) is 0.778. The summed E-state index contributed by atoms with van der Waals surface area (Å²) in [6.45, 7) is 5.60. The molecular formula is C18H28N4O3. The van der Waals surface area contributed by atoms with Crippen LogP contribution in [0.5, 0.6) is 0 Å². The van der Waals surface area contributed by atoms with Crippen molar-refractivity contribution in [2.45, 2.75) is 38.3 Å². The molecule has 7 heteroatoms. The summed E-state index contributed by atoms with van der Waals surface area (Å²) >= 11 is 0. The number of nitrogens with zero attached hydrogens (tertiary/aromatic N) is 4. The Hall–Kier alpha value is -1.44. The molecule has 0 bridgehead atoms. The quantitative estimate of drug-likeness (QED) is 0.789. The standard InChI is InChI=1S/C18H28N4O3/c1-20-16(14-4-2-3-5-15(14)19-20)12-21-6-11-25-17(13-21)18(23)22-7-9-24-10-8-22/h17H,2-13H2,1H3. The molecule has 1 aromatic rings. The van der Waals surface area contributed by atoms with Gasteiger partial charge in [0.25, 0.3) is 5.91 Å². The Morgan fingerprint density at radius 1 is 1.16 bits per heavy atom. The first-order chi connectivity index (χ1) is 12.2. The number of fused-ring (bicyclic) bond motifs is 1. The molecule has 25 heavy (non-hydrogen) atoms. The lowest BCUT2D eigenvalue weighted by molar-refractivity contribution is -0.153. The van der Waals surface area contributed by atoms with Crippen LogP contribution in [0.4, 0.5) is 0 Å². The summed E-state index contributed by atoms with van der Waals surface area (Å²) in [6.07, 6.45) is 4.39. The van der Waals surface area contributed by atoms with Crippen molar-refractivity contribution in [1.82, 2.24) is 19.6 Å². The van der Waals surface area contributed by atoms with E-state index in [1.165, 1.54) is 29.8 Å². The molecule has 0 saturated carbocycles. The maximum atomic E-state index is 12.7. The number of carbonyl (C=O) groups excluding carboxylic acids is 1. The molecular weight excluding hydrogens is 320 g/mol. The van der Waals surface area contributed by atoms with E-state index >= 15 is 0 Å². The number of amides is 1. The molecule has 3 heterocycles. The van der Waals surface area contributed by atoms with E-state index in [9.17, 15) is 4.79 Å². The smallest absolute Gasteiger partial charge is 0.253 e. The number of rotatable bonds is 3. The molecule has 4 rings (SSSR count). The Labute approximate surface area is 148 Å². The van der Waals surface area contributed by atoms with Crippen molar-refractivity contribution >= 4 is 5.91 Å². The fourth-order valence-electron chi connectivity index (χ4n) is 4.14. The van der Waals surface area contributed by atoms with Crippen molar-refractivity contribution in [3.8, 4) is 0 Å². The predicted octanol–water partition coefficient (Wildman–Crippen LogP) is 0.359. The molecule has 0 radical (unpaired) electrons. The maximum absolute atomic E-state index is 12.7. The van der Waals surface area contributed by atoms with Gasteiger partial charge in [-0.15, -0.1) is 0 Å². The normalized spacial score (nSPS) is 25.0. The maximum Gasteiger partial charge on any atom is 0.253 e. The lowest BCUT2D eigenvalue weighted by Gasteiger charge is -2.36. The Balaban J connectivity index is 1.42. The van der Waals surface area contributed by atoms with Crippen LogP contribution < -0.4 is 0 Å². The van der Waals surface area contributed by atoms with Crippen LogP contribution in [0.1, 0.15) is 29.8 Å². The van der Waals surface area contributed by atoms with Crippen molar-refractivity contribution in [1.29, 1.82) is 0 Å². The van der Waals surface area contributed by atoms with E-state index < -0.39 is 0 Å². The molecule has 0 N–H and O–H groups in total. The Morgan fingerprint density at radius 2 is 1.96 bits per heavy atom. The van der Waals surface area contributed by atoms with Gasteiger partial charge in [-0.25, -0.2) is 0 Å². The van der Waals surface area contributed by atoms with Gasteiger partial charge < -0.3 is 14.4 Å². The van der Waals surface area contributed by atoms with Crippen LogP contribution in [0.3, 0.4) is 0 Å². The number of hydrogen-bond donors (Lipinski definition) is 0. The van der Waals surface area contributed by atoms with Gasteiger partial charge in [0, 0.05) is 39.8 Å². The molecule has 1 unspecified atom stereocenters. The summed E-state index contributed by atoms with van der Waals surface area (Å²) in [5.74, 6) is 0.111. The third kappa shape index (κ3) is 3.59. The van der Waals surface area contributed by atoms with Gasteiger partial charge in [0.2, 0.25) is 0 Å². The molecule has 2 fully saturated rings. The van der Waals surface area contributed by atoms with Gasteiger partial charge in [0.1, 0.15) is 6.10 Å². The number of aryl methyl sites for hydroxylation is 2. The van der Waals surface area contributed by atoms with Crippen LogP contribution in [-0.2, 0) is 40.7 Å². The highest BCUT2D eigenvalue weighted by atomic mass is 16.5. The van der Waals surface area contributed by atoms with E-state index in [0.717, 1.165) is 25.9 Å². The zero-order valence-corrected chi connectivity index (χ0v) is 15.1. The van der Waals surface area contributed by atoms with Gasteiger partial charge in [-0.3, -0.25) is 14.4 Å². The first-order valence-corrected chi connectivity index (χ1v) is 9.46. The Morgan fingerprint density at radius 3 is 2.80 bits per heavy atom. The first kappa shape index (κ1) is 17.0. The van der Waals surface area contributed by atoms with Crippen molar-refractivity contribution in [3.63, 3.8) is 0 Å². The van der Waals surface area contributed by atoms with Crippen LogP contribution in [-0.4, -0.2) is 77.6 Å². The van der Waals surface area contributed by atoms with Crippen LogP contribution >= 0.6 is 0 Å². The molecule has 0 aromatic carbocycles. The van der Waals surface area contributed by atoms with Crippen LogP contribution in [0, 0.1) is 0 Å². The van der Waals surface area contributed by atoms with E-state index in [-0.39, 0.29) is 12.0 Å². The summed E-state index contributed by atoms with van der Waals surface area (Å²) in [5.41, 5.74) is 4.03. The van der Waals surface area contributed by atoms with Gasteiger partial charge in [-0.2, -0.15) is 5.10 Å². The average molecular weight is 348 g/mol. The van der Waals surface area contributed by atoms with Gasteiger partial charge in [0.05, 0.1) is 31.2 Å². The number of ether oxygens (including phenoxy) is 2. The van der Waals surface area contributed by atoms with Crippen LogP contribution in [0.2, 0.25) is 0 Å². The summed E-state index contributed by atoms with van der Waals surface area (Å²) in [5, 5.41) is 4.71. The minimum atomic E-state index is -0.351. The monoisotopic (exact) mass is 348 g/mol. The molecule has 2 aliphatic heterocycles. The summed E-state index contributed by atoms with van der Waals surface area (Å²) in [4.78, 5) is 16.9. The zero-order chi connectivity index (χ0) is 17.2. The lowest BCUT2D eigenvalue weighted by Crippen LogP contribution is -2.53. The van der Waals surface area contributed by atoms with E-state index in [1.54, 1.807) is 0 Å². The molecule has 1 atom stereocenters. The molecule has 1 aromatic heterocycles. The van der Waals surface area contributed by atoms with Crippen LogP contribution in [0.25, 0.3) is 0 Å². The second kappa shape index (κ2) is 7.43. The highest BCUT2D eigenvalue weighted by molar-refractivity contribution is 5.81. The lowest BCUT2D eigenvalue weighted by atomic mass is 9.95. The number of morpholine rings is 2. The molecule has 3 aliphatic rings. The second-order valence-corrected chi connectivity index (χ2v) is 7.23. The Bertz CT molecular complexity index is 624. The minimum Gasteiger partial charge on any atom is -0.378 e. The van der Waals surface area contributed by atoms with E-state index in [1.807, 2.05) is 16.6 Å². The van der Waals surface area contributed by atoms with E-state index in [2.05, 4.69) is 4.90 Å². The minimum absolute atomic E-state index is 0.111. The van der Waals surface area contributed by atoms with Crippen molar-refractivity contribution in [3.05, 3.63) is 17.0 Å². The molecule has 1 aliphatic carbocycles. The summed E-state index contributed by atoms with van der Waals surface area (Å²) in [7, 11) is 2.05. The Kier molecular flexibility index (Phi) is 5.05. The zero-order valence-electron chi connectivity index (χ0n) is 15.1. The average Bonchev–Trinajstić information content (AvgIpc) is 2.97. The second-order valence-electron chi connectivity index (χ2n) is 7.23. The van der Waals surface area contributed by atoms with Crippen molar-refractivity contribution in [2.75, 3.05) is 46.0 Å². The topological polar surface area (TPSA) is 59.8 Å². The van der Waals surface area contributed by atoms with Gasteiger partial charge >= 0.3 is 0 Å². The van der Waals surface area contributed by atoms with Crippen LogP contribution in [0.15, 0.2) is 0 Å². The number of aromatic nitrogens is 2. The molecule has 2 saturated heterocycles. The molecule has 138 valence electrons. The number of carbonyl (C=O) groups is 1. The van der Waals surface area contributed by atoms with Gasteiger partial charge in [-0.05, 0) is 31.2 Å². The van der Waals surface area contributed by atoms with Crippen molar-refractivity contribution in [2.24, 2.45) is 7.05 Å². The predicted molar refractivity (Wildman–Crippen MR) is 92.3 cm³/mol. The first-order valence-electron chi connectivity index (χ1n) is 9.46. The number of hydrogen-bond acceptors (Lipinski definition) is 5. The SMILES string of the molecule is Cn1nc2c(c1CN1CCOC(C(=O)N3CCOCC3)C1)CCCC2. The molecule has 7 nitrogen and oxygen atoms in total. The largest absolute Gasteiger partial charge is 0.378 e. The molecule has 0 spiro atoms. The third-order valence-electron chi connectivity index (χ3n) is 5.57. The van der Waals surface area contributed by atoms with Gasteiger partial charge in [-0.1, -0.05) is 0 Å². The highest BCUT2D eigenvalue weighted by Gasteiger charge is 2.32. The summed E-state index contributed by atoms with van der Waals surface area (Å²) < 4.78 is 13.2. The van der Waals surface area contributed by atoms with E-state index in [4.69, 9.17) is 14.6 Å². The summed E-state index contributed by atoms with van der Waals surface area (Å²) in [6, 6.07) is 0.